The number of rotatable bonds is 5. The number of hydrogen-bond acceptors (Lipinski definition) is 3. The molecule has 1 aromatic heterocycles. The molecule has 0 radical (unpaired) electrons. The van der Waals surface area contributed by atoms with Crippen molar-refractivity contribution in [2.45, 2.75) is 25.3 Å². The predicted octanol–water partition coefficient (Wildman–Crippen LogP) is 3.12. The van der Waals surface area contributed by atoms with Crippen LogP contribution in [0, 0.1) is 0 Å². The lowest BCUT2D eigenvalue weighted by Crippen LogP contribution is -2.27. The first kappa shape index (κ1) is 13.7. The van der Waals surface area contributed by atoms with Gasteiger partial charge in [0.2, 0.25) is 5.91 Å². The number of hydrogen-bond donors (Lipinski definition) is 2. The molecule has 0 bridgehead atoms. The highest BCUT2D eigenvalue weighted by Crippen LogP contribution is 2.28. The van der Waals surface area contributed by atoms with Gasteiger partial charge >= 0.3 is 0 Å². The highest BCUT2D eigenvalue weighted by molar-refractivity contribution is 6.42. The average molecular weight is 309 g/mol. The van der Waals surface area contributed by atoms with Crippen molar-refractivity contribution in [3.05, 3.63) is 21.3 Å². The van der Waals surface area contributed by atoms with E-state index in [4.69, 9.17) is 34.8 Å². The Kier molecular flexibility index (Phi) is 4.54. The molecule has 2 rings (SSSR count). The van der Waals surface area contributed by atoms with E-state index in [1.54, 1.807) is 0 Å². The fourth-order valence-electron chi connectivity index (χ4n) is 1.39. The molecule has 0 aliphatic heterocycles. The van der Waals surface area contributed by atoms with Crippen LogP contribution in [-0.2, 0) is 4.79 Å². The van der Waals surface area contributed by atoms with Crippen LogP contribution in [-0.4, -0.2) is 23.5 Å². The zero-order chi connectivity index (χ0) is 13.1. The standard InChI is InChI=1S/C11H12Cl3N3O/c12-7-5-8(13)11(17-10(7)14)15-4-3-9(18)16-6-1-2-6/h5-6H,1-4H2,(H,15,17)(H,16,18). The summed E-state index contributed by atoms with van der Waals surface area (Å²) in [6.07, 6.45) is 2.54. The second-order valence-corrected chi connectivity index (χ2v) is 5.28. The summed E-state index contributed by atoms with van der Waals surface area (Å²) >= 11 is 17.5. The normalized spacial score (nSPS) is 14.4. The van der Waals surface area contributed by atoms with E-state index in [1.165, 1.54) is 6.07 Å². The first-order valence-electron chi connectivity index (χ1n) is 5.61. The van der Waals surface area contributed by atoms with Gasteiger partial charge in [0.1, 0.15) is 11.0 Å². The Morgan fingerprint density at radius 1 is 1.33 bits per heavy atom. The van der Waals surface area contributed by atoms with Crippen molar-refractivity contribution in [3.8, 4) is 0 Å². The predicted molar refractivity (Wildman–Crippen MR) is 73.5 cm³/mol. The number of carbonyl (C=O) groups is 1. The number of carbonyl (C=O) groups excluding carboxylic acids is 1. The highest BCUT2D eigenvalue weighted by atomic mass is 35.5. The average Bonchev–Trinajstić information content (AvgIpc) is 3.09. The van der Waals surface area contributed by atoms with E-state index in [2.05, 4.69) is 15.6 Å². The van der Waals surface area contributed by atoms with Crippen LogP contribution in [0.25, 0.3) is 0 Å². The maximum absolute atomic E-state index is 11.4. The van der Waals surface area contributed by atoms with Gasteiger partial charge in [-0.2, -0.15) is 0 Å². The van der Waals surface area contributed by atoms with Crippen molar-refractivity contribution in [1.29, 1.82) is 0 Å². The maximum Gasteiger partial charge on any atom is 0.221 e. The fourth-order valence-corrected chi connectivity index (χ4v) is 1.95. The summed E-state index contributed by atoms with van der Waals surface area (Å²) in [7, 11) is 0. The molecule has 2 N–H and O–H groups in total. The zero-order valence-corrected chi connectivity index (χ0v) is 11.7. The summed E-state index contributed by atoms with van der Waals surface area (Å²) in [4.78, 5) is 15.4. The number of amides is 1. The lowest BCUT2D eigenvalue weighted by molar-refractivity contribution is -0.120. The Hall–Kier alpha value is -0.710. The quantitative estimate of drug-likeness (QED) is 0.822. The second kappa shape index (κ2) is 5.95. The molecule has 98 valence electrons. The topological polar surface area (TPSA) is 54.0 Å². The number of nitrogens with one attached hydrogen (secondary N) is 2. The summed E-state index contributed by atoms with van der Waals surface area (Å²) in [5.41, 5.74) is 0. The van der Waals surface area contributed by atoms with Crippen molar-refractivity contribution in [2.24, 2.45) is 0 Å². The molecule has 0 unspecified atom stereocenters. The van der Waals surface area contributed by atoms with E-state index >= 15 is 0 Å². The summed E-state index contributed by atoms with van der Waals surface area (Å²) < 4.78 is 0. The number of halogens is 3. The van der Waals surface area contributed by atoms with Crippen LogP contribution < -0.4 is 10.6 Å². The molecule has 0 aromatic carbocycles. The Morgan fingerprint density at radius 2 is 2.06 bits per heavy atom. The van der Waals surface area contributed by atoms with E-state index < -0.39 is 0 Å². The van der Waals surface area contributed by atoms with E-state index in [-0.39, 0.29) is 11.1 Å². The van der Waals surface area contributed by atoms with Crippen LogP contribution in [0.1, 0.15) is 19.3 Å². The van der Waals surface area contributed by atoms with E-state index in [0.717, 1.165) is 12.8 Å². The highest BCUT2D eigenvalue weighted by Gasteiger charge is 2.22. The summed E-state index contributed by atoms with van der Waals surface area (Å²) in [6, 6.07) is 1.90. The van der Waals surface area contributed by atoms with Crippen molar-refractivity contribution in [2.75, 3.05) is 11.9 Å². The van der Waals surface area contributed by atoms with Crippen molar-refractivity contribution < 1.29 is 4.79 Å². The van der Waals surface area contributed by atoms with Crippen LogP contribution in [0.4, 0.5) is 5.82 Å². The molecular weight excluding hydrogens is 297 g/mol. The Balaban J connectivity index is 1.82. The molecule has 1 saturated carbocycles. The van der Waals surface area contributed by atoms with Crippen LogP contribution >= 0.6 is 34.8 Å². The molecule has 1 heterocycles. The van der Waals surface area contributed by atoms with Gasteiger partial charge in [-0.15, -0.1) is 0 Å². The molecular formula is C11H12Cl3N3O. The third-order valence-electron chi connectivity index (χ3n) is 2.47. The maximum atomic E-state index is 11.4. The van der Waals surface area contributed by atoms with Gasteiger partial charge in [0, 0.05) is 19.0 Å². The monoisotopic (exact) mass is 307 g/mol. The molecule has 1 fully saturated rings. The van der Waals surface area contributed by atoms with Crippen molar-refractivity contribution in [1.82, 2.24) is 10.3 Å². The van der Waals surface area contributed by atoms with Gasteiger partial charge in [0.05, 0.1) is 10.0 Å². The van der Waals surface area contributed by atoms with E-state index in [0.29, 0.717) is 34.9 Å². The van der Waals surface area contributed by atoms with Crippen LogP contribution in [0.3, 0.4) is 0 Å². The lowest BCUT2D eigenvalue weighted by atomic mass is 10.3. The molecule has 4 nitrogen and oxygen atoms in total. The molecule has 18 heavy (non-hydrogen) atoms. The third-order valence-corrected chi connectivity index (χ3v) is 3.43. The minimum atomic E-state index is 0.0289. The van der Waals surface area contributed by atoms with Crippen LogP contribution in [0.2, 0.25) is 15.2 Å². The van der Waals surface area contributed by atoms with E-state index in [1.807, 2.05) is 0 Å². The van der Waals surface area contributed by atoms with Gasteiger partial charge in [0.15, 0.2) is 0 Å². The smallest absolute Gasteiger partial charge is 0.221 e. The fraction of sp³-hybridized carbons (Fsp3) is 0.455. The Bertz CT molecular complexity index is 463. The molecule has 0 saturated heterocycles. The number of pyridine rings is 1. The number of aromatic nitrogens is 1. The third kappa shape index (κ3) is 3.90. The second-order valence-electron chi connectivity index (χ2n) is 4.11. The minimum Gasteiger partial charge on any atom is -0.368 e. The summed E-state index contributed by atoms with van der Waals surface area (Å²) in [6.45, 7) is 0.448. The van der Waals surface area contributed by atoms with Gasteiger partial charge in [0.25, 0.3) is 0 Å². The summed E-state index contributed by atoms with van der Waals surface area (Å²) in [5.74, 6) is 0.464. The van der Waals surface area contributed by atoms with Crippen LogP contribution in [0.15, 0.2) is 6.07 Å². The zero-order valence-electron chi connectivity index (χ0n) is 9.47. The van der Waals surface area contributed by atoms with Gasteiger partial charge in [-0.25, -0.2) is 4.98 Å². The van der Waals surface area contributed by atoms with E-state index in [9.17, 15) is 4.79 Å². The first-order valence-corrected chi connectivity index (χ1v) is 6.74. The number of anilines is 1. The molecule has 1 amide bonds. The molecule has 0 spiro atoms. The molecule has 1 aliphatic rings. The SMILES string of the molecule is O=C(CCNc1nc(Cl)c(Cl)cc1Cl)NC1CC1. The van der Waals surface area contributed by atoms with Gasteiger partial charge in [-0.3, -0.25) is 4.79 Å². The molecule has 7 heteroatoms. The summed E-state index contributed by atoms with van der Waals surface area (Å²) in [5, 5.41) is 6.73. The number of nitrogens with zero attached hydrogens (tertiary/aromatic N) is 1. The van der Waals surface area contributed by atoms with Crippen LogP contribution in [0.5, 0.6) is 0 Å². The first-order chi connectivity index (χ1) is 8.56. The molecule has 0 atom stereocenters. The minimum absolute atomic E-state index is 0.0289. The molecule has 1 aromatic rings. The largest absolute Gasteiger partial charge is 0.368 e. The molecule has 1 aliphatic carbocycles. The van der Waals surface area contributed by atoms with Crippen molar-refractivity contribution in [3.63, 3.8) is 0 Å². The Morgan fingerprint density at radius 3 is 2.72 bits per heavy atom. The van der Waals surface area contributed by atoms with Crippen molar-refractivity contribution >= 4 is 46.5 Å². The van der Waals surface area contributed by atoms with Gasteiger partial charge < -0.3 is 10.6 Å². The lowest BCUT2D eigenvalue weighted by Gasteiger charge is -2.08. The Labute approximate surface area is 120 Å². The van der Waals surface area contributed by atoms with Gasteiger partial charge in [-0.1, -0.05) is 34.8 Å². The van der Waals surface area contributed by atoms with Gasteiger partial charge in [-0.05, 0) is 18.9 Å².